The Hall–Kier alpha value is -2.43. The molecule has 0 atom stereocenters. The molecular weight excluding hydrogens is 248 g/mol. The number of rotatable bonds is 3. The van der Waals surface area contributed by atoms with Crippen LogP contribution in [0.2, 0.25) is 0 Å². The predicted molar refractivity (Wildman–Crippen MR) is 69.8 cm³/mol. The van der Waals surface area contributed by atoms with Gasteiger partial charge in [-0.15, -0.1) is 0 Å². The van der Waals surface area contributed by atoms with Crippen LogP contribution < -0.4 is 5.32 Å². The average Bonchev–Trinajstić information content (AvgIpc) is 2.84. The third kappa shape index (κ3) is 2.14. The van der Waals surface area contributed by atoms with Crippen LogP contribution in [0.25, 0.3) is 11.0 Å². The minimum atomic E-state index is -0.861. The van der Waals surface area contributed by atoms with Gasteiger partial charge in [-0.3, -0.25) is 0 Å². The number of aromatic amines is 1. The van der Waals surface area contributed by atoms with Crippen molar-refractivity contribution in [3.63, 3.8) is 0 Å². The first-order valence-corrected chi connectivity index (χ1v) is 5.84. The minimum absolute atomic E-state index is 0.151. The maximum Gasteiger partial charge on any atom is 0.181 e. The molecule has 0 aliphatic heterocycles. The first kappa shape index (κ1) is 11.6. The lowest BCUT2D eigenvalue weighted by Gasteiger charge is -2.07. The van der Waals surface area contributed by atoms with Crippen LogP contribution in [0.3, 0.4) is 0 Å². The maximum atomic E-state index is 13.5. The van der Waals surface area contributed by atoms with E-state index in [0.29, 0.717) is 6.54 Å². The number of fused-ring (bicyclic) bond motifs is 1. The van der Waals surface area contributed by atoms with Crippen molar-refractivity contribution in [2.24, 2.45) is 0 Å². The fraction of sp³-hybridized carbons (Fsp3) is 0.0714. The van der Waals surface area contributed by atoms with E-state index in [9.17, 15) is 8.78 Å². The van der Waals surface area contributed by atoms with Gasteiger partial charge in [-0.2, -0.15) is 0 Å². The highest BCUT2D eigenvalue weighted by Gasteiger charge is 2.08. The predicted octanol–water partition coefficient (Wildman–Crippen LogP) is 3.45. The minimum Gasteiger partial charge on any atom is -0.378 e. The summed E-state index contributed by atoms with van der Waals surface area (Å²) in [7, 11) is 0. The van der Waals surface area contributed by atoms with Gasteiger partial charge in [0.15, 0.2) is 11.6 Å². The Morgan fingerprint density at radius 2 is 2.05 bits per heavy atom. The molecule has 2 aromatic heterocycles. The summed E-state index contributed by atoms with van der Waals surface area (Å²) in [6, 6.07) is 7.83. The molecule has 0 spiro atoms. The molecule has 0 radical (unpaired) electrons. The Bertz CT molecular complexity index is 722. The largest absolute Gasteiger partial charge is 0.378 e. The van der Waals surface area contributed by atoms with E-state index in [-0.39, 0.29) is 5.69 Å². The fourth-order valence-corrected chi connectivity index (χ4v) is 1.99. The molecule has 19 heavy (non-hydrogen) atoms. The van der Waals surface area contributed by atoms with E-state index in [2.05, 4.69) is 15.3 Å². The van der Waals surface area contributed by atoms with Crippen molar-refractivity contribution < 1.29 is 8.78 Å². The van der Waals surface area contributed by atoms with Crippen molar-refractivity contribution in [1.29, 1.82) is 0 Å². The standard InChI is InChI=1S/C14H11F2N3/c15-11-4-1-5-12(13(11)16)18-7-9-8-19-14-10(9)3-2-6-17-14/h1-6,8,18H,7H2,(H,17,19). The number of hydrogen-bond acceptors (Lipinski definition) is 2. The van der Waals surface area contributed by atoms with E-state index >= 15 is 0 Å². The Morgan fingerprint density at radius 1 is 1.16 bits per heavy atom. The number of nitrogens with one attached hydrogen (secondary N) is 2. The number of nitrogens with zero attached hydrogens (tertiary/aromatic N) is 1. The summed E-state index contributed by atoms with van der Waals surface area (Å²) in [5.41, 5.74) is 1.88. The fourth-order valence-electron chi connectivity index (χ4n) is 1.99. The second-order valence-corrected chi connectivity index (χ2v) is 4.17. The Labute approximate surface area is 108 Å². The third-order valence-electron chi connectivity index (χ3n) is 2.96. The van der Waals surface area contributed by atoms with Gasteiger partial charge in [-0.1, -0.05) is 6.07 Å². The van der Waals surface area contributed by atoms with Gasteiger partial charge in [0.25, 0.3) is 0 Å². The summed E-state index contributed by atoms with van der Waals surface area (Å²) in [4.78, 5) is 7.20. The molecule has 0 saturated heterocycles. The van der Waals surface area contributed by atoms with Gasteiger partial charge in [0.1, 0.15) is 5.65 Å². The van der Waals surface area contributed by atoms with E-state index in [1.54, 1.807) is 6.20 Å². The SMILES string of the molecule is Fc1cccc(NCc2c[nH]c3ncccc23)c1F. The number of halogens is 2. The van der Waals surface area contributed by atoms with Crippen LogP contribution in [0, 0.1) is 11.6 Å². The summed E-state index contributed by atoms with van der Waals surface area (Å²) in [6.07, 6.45) is 3.50. The summed E-state index contributed by atoms with van der Waals surface area (Å²) in [6.45, 7) is 0.395. The molecular formula is C14H11F2N3. The molecule has 3 aromatic rings. The molecule has 1 aromatic carbocycles. The molecule has 0 bridgehead atoms. The highest BCUT2D eigenvalue weighted by atomic mass is 19.2. The molecule has 2 N–H and O–H groups in total. The third-order valence-corrected chi connectivity index (χ3v) is 2.96. The van der Waals surface area contributed by atoms with E-state index < -0.39 is 11.6 Å². The number of aromatic nitrogens is 2. The summed E-state index contributed by atoms with van der Waals surface area (Å²) < 4.78 is 26.6. The van der Waals surface area contributed by atoms with Crippen LogP contribution in [0.15, 0.2) is 42.7 Å². The number of hydrogen-bond donors (Lipinski definition) is 2. The Kier molecular flexibility index (Phi) is 2.87. The number of H-pyrrole nitrogens is 1. The van der Waals surface area contributed by atoms with E-state index in [4.69, 9.17) is 0 Å². The second kappa shape index (κ2) is 4.68. The molecule has 0 saturated carbocycles. The van der Waals surface area contributed by atoms with Crippen LogP contribution >= 0.6 is 0 Å². The van der Waals surface area contributed by atoms with E-state index in [0.717, 1.165) is 22.7 Å². The molecule has 0 unspecified atom stereocenters. The lowest BCUT2D eigenvalue weighted by Crippen LogP contribution is -2.02. The van der Waals surface area contributed by atoms with Gasteiger partial charge in [-0.25, -0.2) is 13.8 Å². The summed E-state index contributed by atoms with van der Waals surface area (Å²) in [5.74, 6) is -1.72. The number of pyridine rings is 1. The summed E-state index contributed by atoms with van der Waals surface area (Å²) >= 11 is 0. The van der Waals surface area contributed by atoms with Gasteiger partial charge in [-0.05, 0) is 29.8 Å². The van der Waals surface area contributed by atoms with Gasteiger partial charge in [0, 0.05) is 24.3 Å². The molecule has 96 valence electrons. The molecule has 0 fully saturated rings. The van der Waals surface area contributed by atoms with Crippen molar-refractivity contribution in [1.82, 2.24) is 9.97 Å². The summed E-state index contributed by atoms with van der Waals surface area (Å²) in [5, 5.41) is 3.85. The van der Waals surface area contributed by atoms with Crippen LogP contribution in [-0.2, 0) is 6.54 Å². The van der Waals surface area contributed by atoms with Gasteiger partial charge in [0.2, 0.25) is 0 Å². The average molecular weight is 259 g/mol. The van der Waals surface area contributed by atoms with Crippen LogP contribution in [0.4, 0.5) is 14.5 Å². The second-order valence-electron chi connectivity index (χ2n) is 4.17. The first-order valence-electron chi connectivity index (χ1n) is 5.84. The normalized spacial score (nSPS) is 10.8. The van der Waals surface area contributed by atoms with Crippen LogP contribution in [0.5, 0.6) is 0 Å². The smallest absolute Gasteiger partial charge is 0.181 e. The van der Waals surface area contributed by atoms with E-state index in [1.165, 1.54) is 12.1 Å². The van der Waals surface area contributed by atoms with Crippen LogP contribution in [-0.4, -0.2) is 9.97 Å². The molecule has 3 nitrogen and oxygen atoms in total. The monoisotopic (exact) mass is 259 g/mol. The Balaban J connectivity index is 1.84. The zero-order valence-electron chi connectivity index (χ0n) is 9.95. The number of benzene rings is 1. The molecule has 2 heterocycles. The molecule has 3 rings (SSSR count). The zero-order valence-corrected chi connectivity index (χ0v) is 9.95. The highest BCUT2D eigenvalue weighted by Crippen LogP contribution is 2.20. The van der Waals surface area contributed by atoms with Gasteiger partial charge >= 0.3 is 0 Å². The molecule has 0 aliphatic rings. The first-order chi connectivity index (χ1) is 9.25. The van der Waals surface area contributed by atoms with Crippen LogP contribution in [0.1, 0.15) is 5.56 Å². The topological polar surface area (TPSA) is 40.7 Å². The van der Waals surface area contributed by atoms with Gasteiger partial charge in [0.05, 0.1) is 5.69 Å². The lowest BCUT2D eigenvalue weighted by atomic mass is 10.2. The highest BCUT2D eigenvalue weighted by molar-refractivity contribution is 5.79. The Morgan fingerprint density at radius 3 is 2.95 bits per heavy atom. The quantitative estimate of drug-likeness (QED) is 0.756. The van der Waals surface area contributed by atoms with E-state index in [1.807, 2.05) is 18.3 Å². The van der Waals surface area contributed by atoms with Crippen molar-refractivity contribution in [3.8, 4) is 0 Å². The lowest BCUT2D eigenvalue weighted by molar-refractivity contribution is 0.511. The molecule has 5 heteroatoms. The van der Waals surface area contributed by atoms with Crippen molar-refractivity contribution in [2.75, 3.05) is 5.32 Å². The van der Waals surface area contributed by atoms with Crippen molar-refractivity contribution >= 4 is 16.7 Å². The maximum absolute atomic E-state index is 13.5. The zero-order chi connectivity index (χ0) is 13.2. The molecule has 0 aliphatic carbocycles. The van der Waals surface area contributed by atoms with Gasteiger partial charge < -0.3 is 10.3 Å². The van der Waals surface area contributed by atoms with Crippen molar-refractivity contribution in [3.05, 3.63) is 59.9 Å². The molecule has 0 amide bonds. The number of anilines is 1. The van der Waals surface area contributed by atoms with Crippen molar-refractivity contribution in [2.45, 2.75) is 6.54 Å².